The van der Waals surface area contributed by atoms with E-state index in [0.29, 0.717) is 15.7 Å². The summed E-state index contributed by atoms with van der Waals surface area (Å²) in [5.41, 5.74) is 3.22. The minimum absolute atomic E-state index is 0.0279. The topological polar surface area (TPSA) is 158 Å². The van der Waals surface area contributed by atoms with Crippen LogP contribution in [-0.4, -0.2) is 50.0 Å². The highest BCUT2D eigenvalue weighted by Crippen LogP contribution is 2.33. The Morgan fingerprint density at radius 2 is 2.00 bits per heavy atom. The quantitative estimate of drug-likeness (QED) is 0.281. The minimum atomic E-state index is -0.672. The standard InChI is InChI=1S/C20H20BrN5O7/c1-11-19(21)14(9-30-2)13(7-22)20(24-11)33-10-18(27)25-23-8-12-5-16(31-3)17(32-4)6-15(12)26(28)29/h5-6,8H,9-10H2,1-4H3,(H,25,27)/b23-8-. The van der Waals surface area contributed by atoms with Crippen LogP contribution in [-0.2, 0) is 16.1 Å². The van der Waals surface area contributed by atoms with Crippen LogP contribution < -0.4 is 19.6 Å². The van der Waals surface area contributed by atoms with E-state index in [1.165, 1.54) is 33.5 Å². The van der Waals surface area contributed by atoms with Crippen molar-refractivity contribution in [3.8, 4) is 23.4 Å². The maximum absolute atomic E-state index is 12.1. The number of nitro benzene ring substituents is 1. The summed E-state index contributed by atoms with van der Waals surface area (Å²) in [6.07, 6.45) is 1.09. The summed E-state index contributed by atoms with van der Waals surface area (Å²) in [5.74, 6) is -0.266. The second kappa shape index (κ2) is 11.7. The van der Waals surface area contributed by atoms with Crippen LogP contribution in [0.25, 0.3) is 0 Å². The van der Waals surface area contributed by atoms with E-state index in [1.54, 1.807) is 6.92 Å². The number of pyridine rings is 1. The van der Waals surface area contributed by atoms with Gasteiger partial charge in [-0.2, -0.15) is 10.4 Å². The molecular weight excluding hydrogens is 502 g/mol. The zero-order valence-electron chi connectivity index (χ0n) is 18.2. The molecule has 1 amide bonds. The van der Waals surface area contributed by atoms with Crippen molar-refractivity contribution in [2.75, 3.05) is 27.9 Å². The molecule has 0 atom stereocenters. The van der Waals surface area contributed by atoms with Crippen LogP contribution in [0.2, 0.25) is 0 Å². The number of nitro groups is 1. The van der Waals surface area contributed by atoms with Crippen molar-refractivity contribution in [3.05, 3.63) is 49.1 Å². The number of amides is 1. The summed E-state index contributed by atoms with van der Waals surface area (Å²) < 4.78 is 21.3. The third kappa shape index (κ3) is 6.15. The Labute approximate surface area is 197 Å². The summed E-state index contributed by atoms with van der Waals surface area (Å²) in [7, 11) is 4.22. The number of benzene rings is 1. The fraction of sp³-hybridized carbons (Fsp3) is 0.300. The lowest BCUT2D eigenvalue weighted by molar-refractivity contribution is -0.385. The molecule has 0 aliphatic rings. The molecule has 0 unspecified atom stereocenters. The van der Waals surface area contributed by atoms with Gasteiger partial charge in [0.1, 0.15) is 11.6 Å². The molecule has 0 saturated heterocycles. The van der Waals surface area contributed by atoms with Crippen molar-refractivity contribution in [1.29, 1.82) is 5.26 Å². The lowest BCUT2D eigenvalue weighted by Crippen LogP contribution is -2.25. The van der Waals surface area contributed by atoms with E-state index in [-0.39, 0.29) is 40.8 Å². The number of nitrogens with one attached hydrogen (secondary N) is 1. The normalized spacial score (nSPS) is 10.5. The maximum Gasteiger partial charge on any atom is 0.282 e. The number of nitriles is 1. The van der Waals surface area contributed by atoms with Gasteiger partial charge in [0, 0.05) is 17.1 Å². The second-order valence-corrected chi connectivity index (χ2v) is 7.11. The van der Waals surface area contributed by atoms with E-state index in [1.807, 2.05) is 6.07 Å². The highest BCUT2D eigenvalue weighted by atomic mass is 79.9. The molecule has 13 heteroatoms. The molecule has 0 bridgehead atoms. The Morgan fingerprint density at radius 3 is 2.58 bits per heavy atom. The highest BCUT2D eigenvalue weighted by molar-refractivity contribution is 9.10. The first kappa shape index (κ1) is 25.5. The van der Waals surface area contributed by atoms with Crippen LogP contribution in [0.4, 0.5) is 5.69 Å². The molecule has 0 fully saturated rings. The van der Waals surface area contributed by atoms with Gasteiger partial charge >= 0.3 is 0 Å². The second-order valence-electron chi connectivity index (χ2n) is 6.32. The molecule has 33 heavy (non-hydrogen) atoms. The smallest absolute Gasteiger partial charge is 0.282 e. The Kier molecular flexibility index (Phi) is 9.08. The molecule has 2 aromatic rings. The van der Waals surface area contributed by atoms with Gasteiger partial charge in [-0.1, -0.05) is 0 Å². The molecule has 174 valence electrons. The van der Waals surface area contributed by atoms with Crippen molar-refractivity contribution in [2.24, 2.45) is 5.10 Å². The molecule has 0 saturated carbocycles. The number of aryl methyl sites for hydroxylation is 1. The van der Waals surface area contributed by atoms with Crippen molar-refractivity contribution >= 4 is 33.7 Å². The van der Waals surface area contributed by atoms with Gasteiger partial charge in [-0.05, 0) is 28.9 Å². The van der Waals surface area contributed by atoms with Crippen LogP contribution in [0.1, 0.15) is 22.4 Å². The average Bonchev–Trinajstić information content (AvgIpc) is 2.80. The summed E-state index contributed by atoms with van der Waals surface area (Å²) in [4.78, 5) is 27.0. The van der Waals surface area contributed by atoms with Crippen LogP contribution in [0.3, 0.4) is 0 Å². The predicted octanol–water partition coefficient (Wildman–Crippen LogP) is 2.63. The van der Waals surface area contributed by atoms with E-state index in [0.717, 1.165) is 6.21 Å². The Bertz CT molecular complexity index is 1130. The van der Waals surface area contributed by atoms with Gasteiger partial charge in [0.15, 0.2) is 18.1 Å². The minimum Gasteiger partial charge on any atom is -0.493 e. The molecule has 0 radical (unpaired) electrons. The number of hydrogen-bond donors (Lipinski definition) is 1. The largest absolute Gasteiger partial charge is 0.493 e. The SMILES string of the molecule is COCc1c(Br)c(C)nc(OCC(=O)N/N=C\c2cc(OC)c(OC)cc2[N+](=O)[O-])c1C#N. The zero-order chi connectivity index (χ0) is 24.5. The zero-order valence-corrected chi connectivity index (χ0v) is 19.8. The number of nitrogens with zero attached hydrogens (tertiary/aromatic N) is 4. The number of ether oxygens (including phenoxy) is 4. The van der Waals surface area contributed by atoms with Crippen molar-refractivity contribution in [3.63, 3.8) is 0 Å². The summed E-state index contributed by atoms with van der Waals surface area (Å²) >= 11 is 3.37. The fourth-order valence-electron chi connectivity index (χ4n) is 2.70. The summed E-state index contributed by atoms with van der Waals surface area (Å²) in [6.45, 7) is 1.35. The Hall–Kier alpha value is -3.76. The van der Waals surface area contributed by atoms with Gasteiger partial charge in [-0.15, -0.1) is 0 Å². The third-order valence-electron chi connectivity index (χ3n) is 4.23. The van der Waals surface area contributed by atoms with Gasteiger partial charge in [0.2, 0.25) is 5.88 Å². The predicted molar refractivity (Wildman–Crippen MR) is 120 cm³/mol. The van der Waals surface area contributed by atoms with Gasteiger partial charge < -0.3 is 18.9 Å². The number of rotatable bonds is 10. The summed E-state index contributed by atoms with van der Waals surface area (Å²) in [6, 6.07) is 4.54. The van der Waals surface area contributed by atoms with Crippen LogP contribution >= 0.6 is 15.9 Å². The van der Waals surface area contributed by atoms with E-state index in [9.17, 15) is 20.2 Å². The van der Waals surface area contributed by atoms with E-state index in [2.05, 4.69) is 31.4 Å². The van der Waals surface area contributed by atoms with E-state index < -0.39 is 17.4 Å². The molecule has 1 heterocycles. The molecule has 12 nitrogen and oxygen atoms in total. The molecule has 0 aliphatic carbocycles. The van der Waals surface area contributed by atoms with E-state index >= 15 is 0 Å². The van der Waals surface area contributed by atoms with Gasteiger partial charge in [0.05, 0.1) is 49.3 Å². The molecule has 0 aliphatic heterocycles. The maximum atomic E-state index is 12.1. The monoisotopic (exact) mass is 521 g/mol. The molecule has 1 aromatic carbocycles. The van der Waals surface area contributed by atoms with Gasteiger partial charge in [-0.3, -0.25) is 14.9 Å². The fourth-order valence-corrected chi connectivity index (χ4v) is 3.10. The summed E-state index contributed by atoms with van der Waals surface area (Å²) in [5, 5.41) is 24.5. The lowest BCUT2D eigenvalue weighted by atomic mass is 10.1. The number of halogens is 1. The number of aromatic nitrogens is 1. The first-order valence-corrected chi connectivity index (χ1v) is 9.99. The molecule has 1 N–H and O–H groups in total. The third-order valence-corrected chi connectivity index (χ3v) is 5.28. The Balaban J connectivity index is 2.15. The number of hydrogen-bond acceptors (Lipinski definition) is 10. The number of carbonyl (C=O) groups is 1. The van der Waals surface area contributed by atoms with Crippen LogP contribution in [0.5, 0.6) is 17.4 Å². The molecule has 0 spiro atoms. The van der Waals surface area contributed by atoms with Gasteiger partial charge in [0.25, 0.3) is 11.6 Å². The average molecular weight is 522 g/mol. The van der Waals surface area contributed by atoms with Crippen LogP contribution in [0, 0.1) is 28.4 Å². The van der Waals surface area contributed by atoms with Crippen molar-refractivity contribution in [2.45, 2.75) is 13.5 Å². The first-order chi connectivity index (χ1) is 15.8. The number of methoxy groups -OCH3 is 3. The highest BCUT2D eigenvalue weighted by Gasteiger charge is 2.20. The van der Waals surface area contributed by atoms with Gasteiger partial charge in [-0.25, -0.2) is 10.4 Å². The Morgan fingerprint density at radius 1 is 1.33 bits per heavy atom. The number of carbonyl (C=O) groups excluding carboxylic acids is 1. The first-order valence-electron chi connectivity index (χ1n) is 9.20. The van der Waals surface area contributed by atoms with Crippen molar-refractivity contribution in [1.82, 2.24) is 10.4 Å². The van der Waals surface area contributed by atoms with Crippen molar-refractivity contribution < 1.29 is 28.7 Å². The molecule has 2 rings (SSSR count). The van der Waals surface area contributed by atoms with E-state index in [4.69, 9.17) is 18.9 Å². The molecule has 1 aromatic heterocycles. The molecular formula is C20H20BrN5O7. The van der Waals surface area contributed by atoms with Crippen LogP contribution in [0.15, 0.2) is 21.7 Å². The lowest BCUT2D eigenvalue weighted by Gasteiger charge is -2.13. The number of hydrazone groups is 1.